The first-order chi connectivity index (χ1) is 12.4. The Morgan fingerprint density at radius 2 is 1.69 bits per heavy atom. The molecule has 1 atom stereocenters. The largest absolute Gasteiger partial charge is 0.347 e. The van der Waals surface area contributed by atoms with Crippen molar-refractivity contribution in [1.82, 2.24) is 14.7 Å². The van der Waals surface area contributed by atoms with Gasteiger partial charge in [-0.2, -0.15) is 5.10 Å². The summed E-state index contributed by atoms with van der Waals surface area (Å²) in [6.45, 7) is 1.28. The number of amides is 1. The molecule has 0 aliphatic heterocycles. The Kier molecular flexibility index (Phi) is 4.67. The lowest BCUT2D eigenvalue weighted by atomic mass is 10.0. The number of fused-ring (bicyclic) bond motifs is 1. The predicted molar refractivity (Wildman–Crippen MR) is 99.9 cm³/mol. The topological polar surface area (TPSA) is 72.3 Å². The number of rotatable bonds is 4. The van der Waals surface area contributed by atoms with Gasteiger partial charge in [-0.25, -0.2) is 4.68 Å². The monoisotopic (exact) mass is 349 g/mol. The molecule has 0 aliphatic carbocycles. The van der Waals surface area contributed by atoms with Gasteiger partial charge in [0.05, 0.1) is 5.69 Å². The Balaban J connectivity index is 2.20. The molecule has 2 aromatic carbocycles. The SMILES string of the molecule is CC(=O)C(C(=O)N(C)C)n1nc(-c2cccc3ccccc23)ccc1=O. The molecule has 26 heavy (non-hydrogen) atoms. The van der Waals surface area contributed by atoms with Crippen molar-refractivity contribution in [3.63, 3.8) is 0 Å². The van der Waals surface area contributed by atoms with E-state index in [2.05, 4.69) is 5.10 Å². The van der Waals surface area contributed by atoms with E-state index in [0.29, 0.717) is 5.69 Å². The van der Waals surface area contributed by atoms with Gasteiger partial charge in [0, 0.05) is 25.7 Å². The van der Waals surface area contributed by atoms with Crippen LogP contribution in [0.2, 0.25) is 0 Å². The molecule has 1 heterocycles. The first-order valence-electron chi connectivity index (χ1n) is 8.20. The molecule has 1 amide bonds. The normalized spacial score (nSPS) is 12.0. The van der Waals surface area contributed by atoms with E-state index in [9.17, 15) is 14.4 Å². The number of benzene rings is 2. The van der Waals surface area contributed by atoms with E-state index in [1.165, 1.54) is 32.0 Å². The smallest absolute Gasteiger partial charge is 0.267 e. The third-order valence-corrected chi connectivity index (χ3v) is 4.19. The highest BCUT2D eigenvalue weighted by molar-refractivity contribution is 6.02. The van der Waals surface area contributed by atoms with Gasteiger partial charge < -0.3 is 4.90 Å². The lowest BCUT2D eigenvalue weighted by Crippen LogP contribution is -2.41. The van der Waals surface area contributed by atoms with Gasteiger partial charge in [0.2, 0.25) is 0 Å². The summed E-state index contributed by atoms with van der Waals surface area (Å²) in [5.74, 6) is -0.921. The van der Waals surface area contributed by atoms with Gasteiger partial charge in [-0.1, -0.05) is 42.5 Å². The van der Waals surface area contributed by atoms with Crippen molar-refractivity contribution in [3.05, 3.63) is 65.0 Å². The van der Waals surface area contributed by atoms with Crippen LogP contribution in [0.25, 0.3) is 22.0 Å². The van der Waals surface area contributed by atoms with E-state index in [1.54, 1.807) is 6.07 Å². The van der Waals surface area contributed by atoms with Gasteiger partial charge in [0.1, 0.15) is 0 Å². The molecule has 3 rings (SSSR count). The molecule has 0 saturated heterocycles. The molecular formula is C20H19N3O3. The third-order valence-electron chi connectivity index (χ3n) is 4.19. The minimum absolute atomic E-state index is 0.437. The van der Waals surface area contributed by atoms with E-state index in [1.807, 2.05) is 42.5 Å². The van der Waals surface area contributed by atoms with E-state index < -0.39 is 23.3 Å². The van der Waals surface area contributed by atoms with Crippen molar-refractivity contribution in [2.45, 2.75) is 13.0 Å². The molecule has 0 fully saturated rings. The second kappa shape index (κ2) is 6.92. The Morgan fingerprint density at radius 1 is 1.00 bits per heavy atom. The van der Waals surface area contributed by atoms with Crippen LogP contribution in [0, 0.1) is 0 Å². The van der Waals surface area contributed by atoms with Crippen LogP contribution in [0.1, 0.15) is 13.0 Å². The van der Waals surface area contributed by atoms with Crippen molar-refractivity contribution in [3.8, 4) is 11.3 Å². The number of hydrogen-bond donors (Lipinski definition) is 0. The fourth-order valence-electron chi connectivity index (χ4n) is 2.90. The molecular weight excluding hydrogens is 330 g/mol. The average molecular weight is 349 g/mol. The Hall–Kier alpha value is -3.28. The average Bonchev–Trinajstić information content (AvgIpc) is 2.62. The molecule has 0 saturated carbocycles. The fraction of sp³-hybridized carbons (Fsp3) is 0.200. The van der Waals surface area contributed by atoms with Crippen molar-refractivity contribution in [1.29, 1.82) is 0 Å². The fourth-order valence-corrected chi connectivity index (χ4v) is 2.90. The molecule has 0 radical (unpaired) electrons. The molecule has 132 valence electrons. The molecule has 0 bridgehead atoms. The molecule has 0 aliphatic rings. The zero-order valence-electron chi connectivity index (χ0n) is 14.8. The second-order valence-electron chi connectivity index (χ2n) is 6.27. The zero-order chi connectivity index (χ0) is 18.8. The highest BCUT2D eigenvalue weighted by Gasteiger charge is 2.29. The van der Waals surface area contributed by atoms with Gasteiger partial charge >= 0.3 is 0 Å². The predicted octanol–water partition coefficient (Wildman–Crippen LogP) is 2.28. The van der Waals surface area contributed by atoms with Crippen LogP contribution in [-0.2, 0) is 9.59 Å². The van der Waals surface area contributed by atoms with Crippen molar-refractivity contribution >= 4 is 22.5 Å². The van der Waals surface area contributed by atoms with Gasteiger partial charge in [-0.15, -0.1) is 0 Å². The van der Waals surface area contributed by atoms with Crippen molar-refractivity contribution < 1.29 is 9.59 Å². The molecule has 6 nitrogen and oxygen atoms in total. The molecule has 1 unspecified atom stereocenters. The van der Waals surface area contributed by atoms with E-state index in [-0.39, 0.29) is 0 Å². The van der Waals surface area contributed by atoms with E-state index >= 15 is 0 Å². The van der Waals surface area contributed by atoms with E-state index in [4.69, 9.17) is 0 Å². The van der Waals surface area contributed by atoms with Crippen molar-refractivity contribution in [2.24, 2.45) is 0 Å². The lowest BCUT2D eigenvalue weighted by molar-refractivity contribution is -0.138. The molecule has 3 aromatic rings. The van der Waals surface area contributed by atoms with Crippen LogP contribution >= 0.6 is 0 Å². The summed E-state index contributed by atoms with van der Waals surface area (Å²) in [5, 5.41) is 6.37. The Morgan fingerprint density at radius 3 is 2.38 bits per heavy atom. The third kappa shape index (κ3) is 3.13. The molecule has 0 spiro atoms. The first-order valence-corrected chi connectivity index (χ1v) is 8.20. The summed E-state index contributed by atoms with van der Waals surface area (Å²) in [5.41, 5.74) is 0.861. The number of nitrogens with zero attached hydrogens (tertiary/aromatic N) is 3. The Bertz CT molecular complexity index is 1050. The minimum atomic E-state index is -1.27. The molecule has 1 aromatic heterocycles. The first kappa shape index (κ1) is 17.5. The summed E-state index contributed by atoms with van der Waals surface area (Å²) in [6.07, 6.45) is 0. The van der Waals surface area contributed by atoms with Gasteiger partial charge in [0.15, 0.2) is 11.8 Å². The van der Waals surface area contributed by atoms with E-state index in [0.717, 1.165) is 21.0 Å². The highest BCUT2D eigenvalue weighted by atomic mass is 16.2. The number of carbonyl (C=O) groups excluding carboxylic acids is 2. The van der Waals surface area contributed by atoms with Crippen LogP contribution < -0.4 is 5.56 Å². The van der Waals surface area contributed by atoms with Gasteiger partial charge in [0.25, 0.3) is 11.5 Å². The summed E-state index contributed by atoms with van der Waals surface area (Å²) < 4.78 is 0.974. The van der Waals surface area contributed by atoms with Gasteiger partial charge in [-0.3, -0.25) is 14.4 Å². The molecule has 6 heteroatoms. The lowest BCUT2D eigenvalue weighted by Gasteiger charge is -2.20. The minimum Gasteiger partial charge on any atom is -0.347 e. The van der Waals surface area contributed by atoms with Crippen molar-refractivity contribution in [2.75, 3.05) is 14.1 Å². The molecule has 0 N–H and O–H groups in total. The summed E-state index contributed by atoms with van der Waals surface area (Å²) in [7, 11) is 3.08. The van der Waals surface area contributed by atoms with Gasteiger partial charge in [-0.05, 0) is 23.8 Å². The number of ketones is 1. The number of aromatic nitrogens is 2. The number of hydrogen-bond acceptors (Lipinski definition) is 4. The maximum Gasteiger partial charge on any atom is 0.267 e. The maximum absolute atomic E-state index is 12.4. The standard InChI is InChI=1S/C20H19N3O3/c1-13(24)19(20(26)22(2)3)23-18(25)12-11-17(21-23)16-10-6-8-14-7-4-5-9-15(14)16/h4-12,19H,1-3H3. The quantitative estimate of drug-likeness (QED) is 0.678. The second-order valence-corrected chi connectivity index (χ2v) is 6.27. The number of carbonyl (C=O) groups is 2. The number of likely N-dealkylation sites (N-methyl/N-ethyl adjacent to an activating group) is 1. The number of Topliss-reactive ketones (excluding diaryl/α,β-unsaturated/α-hetero) is 1. The highest BCUT2D eigenvalue weighted by Crippen LogP contribution is 2.26. The van der Waals surface area contributed by atoms with Crippen LogP contribution in [0.15, 0.2) is 59.4 Å². The van der Waals surface area contributed by atoms with Crippen LogP contribution in [0.3, 0.4) is 0 Å². The summed E-state index contributed by atoms with van der Waals surface area (Å²) >= 11 is 0. The van der Waals surface area contributed by atoms with Crippen LogP contribution in [0.4, 0.5) is 0 Å². The maximum atomic E-state index is 12.4. The summed E-state index contributed by atoms with van der Waals surface area (Å²) in [6, 6.07) is 15.3. The van der Waals surface area contributed by atoms with Crippen LogP contribution in [0.5, 0.6) is 0 Å². The van der Waals surface area contributed by atoms with Crippen LogP contribution in [-0.4, -0.2) is 40.5 Å². The zero-order valence-corrected chi connectivity index (χ0v) is 14.8. The Labute approximate surface area is 150 Å². The summed E-state index contributed by atoms with van der Waals surface area (Å²) in [4.78, 5) is 38.1.